The van der Waals surface area contributed by atoms with Crippen molar-refractivity contribution in [2.75, 3.05) is 27.2 Å². The zero-order valence-corrected chi connectivity index (χ0v) is 16.8. The van der Waals surface area contributed by atoms with Crippen LogP contribution >= 0.6 is 0 Å². The molecule has 3 atom stereocenters. The lowest BCUT2D eigenvalue weighted by Gasteiger charge is -2.51. The average Bonchev–Trinajstić information content (AvgIpc) is 2.67. The molecule has 0 aromatic heterocycles. The van der Waals surface area contributed by atoms with Crippen LogP contribution in [0.4, 0.5) is 0 Å². The van der Waals surface area contributed by atoms with Crippen LogP contribution in [0.25, 0.3) is 0 Å². The molecule has 1 heterocycles. The number of rotatable bonds is 4. The second kappa shape index (κ2) is 9.24. The number of carbonyl (C=O) groups excluding carboxylic acids is 1. The molecule has 1 aromatic carbocycles. The fraction of sp³-hybridized carbons (Fsp3) is 0.565. The van der Waals surface area contributed by atoms with E-state index in [0.717, 1.165) is 11.1 Å². The van der Waals surface area contributed by atoms with Gasteiger partial charge in [0.2, 0.25) is 5.91 Å². The van der Waals surface area contributed by atoms with Gasteiger partial charge < -0.3 is 14.9 Å². The molecule has 5 heteroatoms. The Morgan fingerprint density at radius 2 is 1.89 bits per heavy atom. The highest BCUT2D eigenvalue weighted by molar-refractivity contribution is 5.81. The van der Waals surface area contributed by atoms with Gasteiger partial charge in [0.05, 0.1) is 25.3 Å². The standard InChI is InChI=1S/C23H29N3O2/c1-25(2)15-22(28)26-20(14-24)23(21(26)16-27)19-12-10-18(11-13-19)9-8-17-6-4-3-5-7-17/h10-13,17,20-21,23,27H,3-7,15-16H2,1-2H3/t20-,21+,23+/m1/s1. The number of nitriles is 1. The number of carbonyl (C=O) groups is 1. The average molecular weight is 380 g/mol. The Labute approximate surface area is 167 Å². The predicted octanol–water partition coefficient (Wildman–Crippen LogP) is 2.36. The summed E-state index contributed by atoms with van der Waals surface area (Å²) in [4.78, 5) is 15.7. The first-order valence-corrected chi connectivity index (χ1v) is 10.1. The van der Waals surface area contributed by atoms with Crippen molar-refractivity contribution in [3.05, 3.63) is 35.4 Å². The molecule has 1 amide bonds. The molecule has 1 aromatic rings. The van der Waals surface area contributed by atoms with E-state index in [9.17, 15) is 15.2 Å². The van der Waals surface area contributed by atoms with Gasteiger partial charge in [0.1, 0.15) is 6.04 Å². The lowest BCUT2D eigenvalue weighted by molar-refractivity contribution is -0.147. The first kappa shape index (κ1) is 20.4. The van der Waals surface area contributed by atoms with Gasteiger partial charge in [-0.3, -0.25) is 4.79 Å². The molecule has 1 N–H and O–H groups in total. The number of likely N-dealkylation sites (tertiary alicyclic amines) is 1. The fourth-order valence-corrected chi connectivity index (χ4v) is 4.32. The number of amides is 1. The lowest BCUT2D eigenvalue weighted by Crippen LogP contribution is -2.66. The zero-order valence-electron chi connectivity index (χ0n) is 16.8. The Hall–Kier alpha value is -2.34. The van der Waals surface area contributed by atoms with Crippen molar-refractivity contribution < 1.29 is 9.90 Å². The normalized spacial score (nSPS) is 24.8. The third kappa shape index (κ3) is 4.38. The molecule has 148 valence electrons. The maximum Gasteiger partial charge on any atom is 0.238 e. The third-order valence-electron chi connectivity index (χ3n) is 5.79. The molecule has 2 fully saturated rings. The van der Waals surface area contributed by atoms with Gasteiger partial charge in [-0.2, -0.15) is 5.26 Å². The smallest absolute Gasteiger partial charge is 0.238 e. The summed E-state index contributed by atoms with van der Waals surface area (Å²) in [7, 11) is 3.63. The first-order chi connectivity index (χ1) is 13.5. The summed E-state index contributed by atoms with van der Waals surface area (Å²) in [5.41, 5.74) is 1.95. The SMILES string of the molecule is CN(C)CC(=O)N1[C@H](C#N)[C@H](c2ccc(C#CC3CCCCC3)cc2)[C@@H]1CO. The summed E-state index contributed by atoms with van der Waals surface area (Å²) in [6.45, 7) is 0.0857. The second-order valence-corrected chi connectivity index (χ2v) is 8.11. The van der Waals surface area contributed by atoms with Gasteiger partial charge in [0.15, 0.2) is 0 Å². The van der Waals surface area contributed by atoms with E-state index in [-0.39, 0.29) is 31.0 Å². The third-order valence-corrected chi connectivity index (χ3v) is 5.79. The number of hydrogen-bond acceptors (Lipinski definition) is 4. The molecule has 1 saturated carbocycles. The van der Waals surface area contributed by atoms with E-state index in [4.69, 9.17) is 0 Å². The molecular weight excluding hydrogens is 350 g/mol. The van der Waals surface area contributed by atoms with Crippen LogP contribution in [0.2, 0.25) is 0 Å². The Morgan fingerprint density at radius 1 is 1.21 bits per heavy atom. The van der Waals surface area contributed by atoms with Crippen LogP contribution in [-0.4, -0.2) is 60.1 Å². The molecule has 0 radical (unpaired) electrons. The van der Waals surface area contributed by atoms with Gasteiger partial charge in [-0.05, 0) is 44.6 Å². The van der Waals surface area contributed by atoms with Crippen molar-refractivity contribution >= 4 is 5.91 Å². The number of hydrogen-bond donors (Lipinski definition) is 1. The van der Waals surface area contributed by atoms with Crippen molar-refractivity contribution in [3.8, 4) is 17.9 Å². The Bertz CT molecular complexity index is 779. The Morgan fingerprint density at radius 3 is 2.46 bits per heavy atom. The van der Waals surface area contributed by atoms with Crippen molar-refractivity contribution in [2.24, 2.45) is 5.92 Å². The van der Waals surface area contributed by atoms with E-state index < -0.39 is 6.04 Å². The number of nitrogens with zero attached hydrogens (tertiary/aromatic N) is 3. The number of aliphatic hydroxyl groups excluding tert-OH is 1. The minimum Gasteiger partial charge on any atom is -0.394 e. The fourth-order valence-electron chi connectivity index (χ4n) is 4.32. The first-order valence-electron chi connectivity index (χ1n) is 10.1. The molecule has 2 aliphatic rings. The number of aliphatic hydroxyl groups is 1. The van der Waals surface area contributed by atoms with Crippen molar-refractivity contribution in [1.29, 1.82) is 5.26 Å². The summed E-state index contributed by atoms with van der Waals surface area (Å²) < 4.78 is 0. The highest BCUT2D eigenvalue weighted by atomic mass is 16.3. The minimum absolute atomic E-state index is 0.123. The minimum atomic E-state index is -0.538. The number of likely N-dealkylation sites (N-methyl/N-ethyl adjacent to an activating group) is 1. The van der Waals surface area contributed by atoms with Crippen LogP contribution in [0.3, 0.4) is 0 Å². The van der Waals surface area contributed by atoms with Crippen LogP contribution in [0, 0.1) is 29.1 Å². The molecule has 0 bridgehead atoms. The molecule has 1 saturated heterocycles. The monoisotopic (exact) mass is 379 g/mol. The van der Waals surface area contributed by atoms with E-state index in [1.54, 1.807) is 4.90 Å². The van der Waals surface area contributed by atoms with Crippen LogP contribution in [0.15, 0.2) is 24.3 Å². The summed E-state index contributed by atoms with van der Waals surface area (Å²) in [6.07, 6.45) is 6.29. The summed E-state index contributed by atoms with van der Waals surface area (Å²) in [5, 5.41) is 19.4. The maximum atomic E-state index is 12.4. The largest absolute Gasteiger partial charge is 0.394 e. The topological polar surface area (TPSA) is 67.6 Å². The highest BCUT2D eigenvalue weighted by Gasteiger charge is 2.51. The maximum absolute atomic E-state index is 12.4. The van der Waals surface area contributed by atoms with Crippen molar-refractivity contribution in [1.82, 2.24) is 9.80 Å². The van der Waals surface area contributed by atoms with Gasteiger partial charge in [-0.25, -0.2) is 0 Å². The summed E-state index contributed by atoms with van der Waals surface area (Å²) in [6, 6.07) is 9.29. The van der Waals surface area contributed by atoms with Crippen LogP contribution in [-0.2, 0) is 4.79 Å². The quantitative estimate of drug-likeness (QED) is 0.816. The summed E-state index contributed by atoms with van der Waals surface area (Å²) >= 11 is 0. The Balaban J connectivity index is 1.71. The van der Waals surface area contributed by atoms with E-state index in [1.807, 2.05) is 38.4 Å². The molecule has 3 rings (SSSR count). The van der Waals surface area contributed by atoms with Gasteiger partial charge in [0, 0.05) is 17.4 Å². The van der Waals surface area contributed by atoms with Crippen molar-refractivity contribution in [3.63, 3.8) is 0 Å². The second-order valence-electron chi connectivity index (χ2n) is 8.11. The van der Waals surface area contributed by atoms with Crippen molar-refractivity contribution in [2.45, 2.75) is 50.1 Å². The molecule has 0 spiro atoms. The van der Waals surface area contributed by atoms with Gasteiger partial charge in [-0.1, -0.05) is 43.2 Å². The molecular formula is C23H29N3O2. The zero-order chi connectivity index (χ0) is 20.1. The number of benzene rings is 1. The van der Waals surface area contributed by atoms with Crippen LogP contribution in [0.5, 0.6) is 0 Å². The van der Waals surface area contributed by atoms with E-state index in [1.165, 1.54) is 37.0 Å². The molecule has 28 heavy (non-hydrogen) atoms. The van der Waals surface area contributed by atoms with Crippen LogP contribution in [0.1, 0.15) is 49.1 Å². The van der Waals surface area contributed by atoms with E-state index in [0.29, 0.717) is 5.92 Å². The van der Waals surface area contributed by atoms with E-state index in [2.05, 4.69) is 17.9 Å². The van der Waals surface area contributed by atoms with Crippen LogP contribution < -0.4 is 0 Å². The van der Waals surface area contributed by atoms with Gasteiger partial charge >= 0.3 is 0 Å². The molecule has 5 nitrogen and oxygen atoms in total. The predicted molar refractivity (Wildman–Crippen MR) is 108 cm³/mol. The highest BCUT2D eigenvalue weighted by Crippen LogP contribution is 2.40. The van der Waals surface area contributed by atoms with E-state index >= 15 is 0 Å². The summed E-state index contributed by atoms with van der Waals surface area (Å²) in [5.74, 6) is 6.90. The van der Waals surface area contributed by atoms with Gasteiger partial charge in [-0.15, -0.1) is 0 Å². The lowest BCUT2D eigenvalue weighted by atomic mass is 9.75. The van der Waals surface area contributed by atoms with Gasteiger partial charge in [0.25, 0.3) is 0 Å². The molecule has 0 unspecified atom stereocenters. The molecule has 1 aliphatic carbocycles. The Kier molecular flexibility index (Phi) is 6.73. The molecule has 1 aliphatic heterocycles.